The molecule has 94 valence electrons. The summed E-state index contributed by atoms with van der Waals surface area (Å²) in [5, 5.41) is 3.56. The summed E-state index contributed by atoms with van der Waals surface area (Å²) in [5.41, 5.74) is 1.13. The second kappa shape index (κ2) is 5.92. The Morgan fingerprint density at radius 2 is 2.12 bits per heavy atom. The molecule has 3 nitrogen and oxygen atoms in total. The van der Waals surface area contributed by atoms with Gasteiger partial charge in [0.2, 0.25) is 0 Å². The lowest BCUT2D eigenvalue weighted by Gasteiger charge is -2.29. The van der Waals surface area contributed by atoms with E-state index in [-0.39, 0.29) is 0 Å². The zero-order valence-corrected chi connectivity index (χ0v) is 10.6. The predicted octanol–water partition coefficient (Wildman–Crippen LogP) is 3.06. The van der Waals surface area contributed by atoms with Crippen molar-refractivity contribution in [2.45, 2.75) is 37.8 Å². The first kappa shape index (κ1) is 12.2. The Morgan fingerprint density at radius 3 is 2.88 bits per heavy atom. The van der Waals surface area contributed by atoms with Crippen molar-refractivity contribution in [1.29, 1.82) is 0 Å². The first-order valence-corrected chi connectivity index (χ1v) is 6.25. The molecule has 0 aromatic heterocycles. The second-order valence-corrected chi connectivity index (χ2v) is 4.60. The van der Waals surface area contributed by atoms with E-state index in [1.54, 1.807) is 14.2 Å². The zero-order valence-electron chi connectivity index (χ0n) is 10.6. The first-order chi connectivity index (χ1) is 8.31. The smallest absolute Gasteiger partial charge is 0.120 e. The Labute approximate surface area is 103 Å². The van der Waals surface area contributed by atoms with Crippen LogP contribution in [0.3, 0.4) is 0 Å². The molecule has 1 aliphatic carbocycles. The van der Waals surface area contributed by atoms with Gasteiger partial charge in [-0.1, -0.05) is 6.07 Å². The molecule has 0 aliphatic heterocycles. The van der Waals surface area contributed by atoms with Gasteiger partial charge in [0.25, 0.3) is 0 Å². The van der Waals surface area contributed by atoms with Crippen molar-refractivity contribution in [2.24, 2.45) is 0 Å². The minimum absolute atomic E-state index is 0.409. The van der Waals surface area contributed by atoms with Gasteiger partial charge in [-0.3, -0.25) is 0 Å². The molecule has 2 atom stereocenters. The summed E-state index contributed by atoms with van der Waals surface area (Å²) in [6, 6.07) is 8.61. The Kier molecular flexibility index (Phi) is 4.26. The topological polar surface area (TPSA) is 30.5 Å². The molecule has 2 unspecified atom stereocenters. The Bertz CT molecular complexity index is 354. The van der Waals surface area contributed by atoms with Gasteiger partial charge < -0.3 is 14.8 Å². The van der Waals surface area contributed by atoms with E-state index in [4.69, 9.17) is 9.47 Å². The average molecular weight is 235 g/mol. The summed E-state index contributed by atoms with van der Waals surface area (Å²) in [7, 11) is 3.50. The zero-order chi connectivity index (χ0) is 12.1. The third-order valence-corrected chi connectivity index (χ3v) is 3.40. The number of hydrogen-bond acceptors (Lipinski definition) is 3. The molecule has 0 spiro atoms. The summed E-state index contributed by atoms with van der Waals surface area (Å²) < 4.78 is 10.7. The van der Waals surface area contributed by atoms with Crippen molar-refractivity contribution < 1.29 is 9.47 Å². The van der Waals surface area contributed by atoms with Crippen LogP contribution in [0.2, 0.25) is 0 Å². The fourth-order valence-corrected chi connectivity index (χ4v) is 2.44. The van der Waals surface area contributed by atoms with E-state index in [1.807, 2.05) is 18.2 Å². The maximum atomic E-state index is 5.44. The lowest BCUT2D eigenvalue weighted by atomic mass is 9.92. The van der Waals surface area contributed by atoms with Gasteiger partial charge in [-0.2, -0.15) is 0 Å². The summed E-state index contributed by atoms with van der Waals surface area (Å²) in [6.45, 7) is 0. The molecule has 0 heterocycles. The van der Waals surface area contributed by atoms with Crippen LogP contribution in [0.25, 0.3) is 0 Å². The molecule has 0 saturated heterocycles. The molecule has 3 heteroatoms. The minimum atomic E-state index is 0.409. The molecule has 1 aromatic carbocycles. The highest BCUT2D eigenvalue weighted by Crippen LogP contribution is 2.25. The Balaban J connectivity index is 1.95. The highest BCUT2D eigenvalue weighted by atomic mass is 16.5. The highest BCUT2D eigenvalue weighted by molar-refractivity contribution is 5.48. The van der Waals surface area contributed by atoms with Gasteiger partial charge in [0.15, 0.2) is 0 Å². The monoisotopic (exact) mass is 235 g/mol. The van der Waals surface area contributed by atoms with Crippen molar-refractivity contribution in [1.82, 2.24) is 0 Å². The van der Waals surface area contributed by atoms with Crippen LogP contribution in [-0.2, 0) is 4.74 Å². The van der Waals surface area contributed by atoms with Crippen molar-refractivity contribution >= 4 is 5.69 Å². The minimum Gasteiger partial charge on any atom is -0.497 e. The molecule has 17 heavy (non-hydrogen) atoms. The van der Waals surface area contributed by atoms with Crippen LogP contribution in [0.5, 0.6) is 5.75 Å². The van der Waals surface area contributed by atoms with Crippen LogP contribution in [0.1, 0.15) is 25.7 Å². The van der Waals surface area contributed by atoms with Gasteiger partial charge in [0, 0.05) is 24.9 Å². The van der Waals surface area contributed by atoms with Gasteiger partial charge in [-0.25, -0.2) is 0 Å². The lowest BCUT2D eigenvalue weighted by Crippen LogP contribution is -2.30. The predicted molar refractivity (Wildman–Crippen MR) is 69.7 cm³/mol. The maximum Gasteiger partial charge on any atom is 0.120 e. The van der Waals surface area contributed by atoms with Crippen molar-refractivity contribution in [3.8, 4) is 5.75 Å². The number of nitrogens with one attached hydrogen (secondary N) is 1. The summed E-state index contributed by atoms with van der Waals surface area (Å²) >= 11 is 0. The van der Waals surface area contributed by atoms with Gasteiger partial charge in [-0.15, -0.1) is 0 Å². The molecular formula is C14H21NO2. The van der Waals surface area contributed by atoms with E-state index >= 15 is 0 Å². The molecule has 1 aromatic rings. The van der Waals surface area contributed by atoms with Crippen LogP contribution < -0.4 is 10.1 Å². The molecule has 1 N–H and O–H groups in total. The third kappa shape index (κ3) is 3.37. The first-order valence-electron chi connectivity index (χ1n) is 6.25. The van der Waals surface area contributed by atoms with E-state index in [0.717, 1.165) is 17.9 Å². The summed E-state index contributed by atoms with van der Waals surface area (Å²) in [5.74, 6) is 0.897. The molecule has 1 fully saturated rings. The molecular weight excluding hydrogens is 214 g/mol. The second-order valence-electron chi connectivity index (χ2n) is 4.60. The van der Waals surface area contributed by atoms with E-state index < -0.39 is 0 Å². The van der Waals surface area contributed by atoms with Crippen LogP contribution in [0, 0.1) is 0 Å². The fraction of sp³-hybridized carbons (Fsp3) is 0.571. The van der Waals surface area contributed by atoms with Crippen LogP contribution in [0.4, 0.5) is 5.69 Å². The largest absolute Gasteiger partial charge is 0.497 e. The van der Waals surface area contributed by atoms with E-state index in [1.165, 1.54) is 19.3 Å². The fourth-order valence-electron chi connectivity index (χ4n) is 2.44. The summed E-state index contributed by atoms with van der Waals surface area (Å²) in [4.78, 5) is 0. The van der Waals surface area contributed by atoms with E-state index in [0.29, 0.717) is 12.1 Å². The standard InChI is InChI=1S/C14H21NO2/c1-16-13-7-3-5-11(9-13)15-12-6-4-8-14(10-12)17-2/h3,5,7,9,12,14-15H,4,6,8,10H2,1-2H3. The van der Waals surface area contributed by atoms with Crippen molar-refractivity contribution in [3.63, 3.8) is 0 Å². The Hall–Kier alpha value is -1.22. The van der Waals surface area contributed by atoms with Gasteiger partial charge in [-0.05, 0) is 37.8 Å². The number of benzene rings is 1. The normalized spacial score (nSPS) is 24.4. The molecule has 0 bridgehead atoms. The molecule has 0 amide bonds. The lowest BCUT2D eigenvalue weighted by molar-refractivity contribution is 0.0669. The van der Waals surface area contributed by atoms with E-state index in [9.17, 15) is 0 Å². The van der Waals surface area contributed by atoms with Crippen molar-refractivity contribution in [2.75, 3.05) is 19.5 Å². The molecule has 0 radical (unpaired) electrons. The van der Waals surface area contributed by atoms with Crippen LogP contribution in [-0.4, -0.2) is 26.4 Å². The molecule has 2 rings (SSSR count). The maximum absolute atomic E-state index is 5.44. The van der Waals surface area contributed by atoms with Gasteiger partial charge >= 0.3 is 0 Å². The van der Waals surface area contributed by atoms with Crippen molar-refractivity contribution in [3.05, 3.63) is 24.3 Å². The SMILES string of the molecule is COc1cccc(NC2CCCC(OC)C2)c1. The Morgan fingerprint density at radius 1 is 1.24 bits per heavy atom. The average Bonchev–Trinajstić information content (AvgIpc) is 2.39. The molecule has 1 saturated carbocycles. The highest BCUT2D eigenvalue weighted by Gasteiger charge is 2.21. The van der Waals surface area contributed by atoms with Crippen LogP contribution in [0.15, 0.2) is 24.3 Å². The van der Waals surface area contributed by atoms with Gasteiger partial charge in [0.05, 0.1) is 13.2 Å². The summed E-state index contributed by atoms with van der Waals surface area (Å²) in [6.07, 6.45) is 5.14. The number of rotatable bonds is 4. The van der Waals surface area contributed by atoms with Crippen LogP contribution >= 0.6 is 0 Å². The quantitative estimate of drug-likeness (QED) is 0.870. The third-order valence-electron chi connectivity index (χ3n) is 3.40. The van der Waals surface area contributed by atoms with Gasteiger partial charge in [0.1, 0.15) is 5.75 Å². The molecule has 1 aliphatic rings. The number of hydrogen-bond donors (Lipinski definition) is 1. The number of methoxy groups -OCH3 is 2. The van der Waals surface area contributed by atoms with E-state index in [2.05, 4.69) is 11.4 Å². The number of anilines is 1. The number of ether oxygens (including phenoxy) is 2.